The molecule has 0 amide bonds. The van der Waals surface area contributed by atoms with Gasteiger partial charge in [-0.3, -0.25) is 4.90 Å². The molecule has 2 aromatic rings. The highest BCUT2D eigenvalue weighted by Gasteiger charge is 2.20. The van der Waals surface area contributed by atoms with Crippen molar-refractivity contribution in [3.8, 4) is 0 Å². The lowest BCUT2D eigenvalue weighted by Crippen LogP contribution is -2.36. The largest absolute Gasteiger partial charge is 0.326 e. The van der Waals surface area contributed by atoms with Crippen LogP contribution in [0.5, 0.6) is 0 Å². The fourth-order valence-corrected chi connectivity index (χ4v) is 3.38. The van der Waals surface area contributed by atoms with Gasteiger partial charge in [-0.15, -0.1) is 0 Å². The third-order valence-corrected chi connectivity index (χ3v) is 4.48. The van der Waals surface area contributed by atoms with Crippen molar-refractivity contribution in [3.05, 3.63) is 69.2 Å². The van der Waals surface area contributed by atoms with Gasteiger partial charge in [-0.2, -0.15) is 0 Å². The van der Waals surface area contributed by atoms with Crippen LogP contribution in [0.3, 0.4) is 0 Å². The molecule has 0 bridgehead atoms. The van der Waals surface area contributed by atoms with Crippen molar-refractivity contribution in [2.24, 2.45) is 5.73 Å². The SMILES string of the molecule is N[C@@H](Cc1ccc(Cl)cc1Cl)CN1Cc2ccccc2C1. The molecule has 0 aliphatic carbocycles. The average Bonchev–Trinajstić information content (AvgIpc) is 2.84. The Balaban J connectivity index is 1.59. The van der Waals surface area contributed by atoms with E-state index in [1.54, 1.807) is 6.07 Å². The molecule has 1 aliphatic heterocycles. The van der Waals surface area contributed by atoms with Gasteiger partial charge >= 0.3 is 0 Å². The molecule has 2 N–H and O–H groups in total. The van der Waals surface area contributed by atoms with E-state index in [2.05, 4.69) is 29.2 Å². The summed E-state index contributed by atoms with van der Waals surface area (Å²) in [6.45, 7) is 2.84. The maximum Gasteiger partial charge on any atom is 0.0453 e. The van der Waals surface area contributed by atoms with E-state index in [9.17, 15) is 0 Å². The van der Waals surface area contributed by atoms with E-state index < -0.39 is 0 Å². The van der Waals surface area contributed by atoms with E-state index in [1.807, 2.05) is 12.1 Å². The summed E-state index contributed by atoms with van der Waals surface area (Å²) in [6, 6.07) is 14.2. The molecule has 0 aromatic heterocycles. The first-order valence-electron chi connectivity index (χ1n) is 7.10. The van der Waals surface area contributed by atoms with Crippen LogP contribution in [0, 0.1) is 0 Å². The number of nitrogens with zero attached hydrogens (tertiary/aromatic N) is 1. The Morgan fingerprint density at radius 2 is 1.71 bits per heavy atom. The molecule has 0 unspecified atom stereocenters. The lowest BCUT2D eigenvalue weighted by Gasteiger charge is -2.20. The minimum absolute atomic E-state index is 0.0676. The lowest BCUT2D eigenvalue weighted by atomic mass is 10.1. The summed E-state index contributed by atoms with van der Waals surface area (Å²) in [5, 5.41) is 1.36. The summed E-state index contributed by atoms with van der Waals surface area (Å²) in [4.78, 5) is 2.39. The third kappa shape index (κ3) is 3.58. The molecule has 2 aromatic carbocycles. The van der Waals surface area contributed by atoms with Crippen LogP contribution in [0.15, 0.2) is 42.5 Å². The quantitative estimate of drug-likeness (QED) is 0.926. The van der Waals surface area contributed by atoms with Crippen molar-refractivity contribution >= 4 is 23.2 Å². The highest BCUT2D eigenvalue weighted by molar-refractivity contribution is 6.35. The van der Waals surface area contributed by atoms with Gasteiger partial charge in [0, 0.05) is 35.7 Å². The first-order chi connectivity index (χ1) is 10.1. The number of rotatable bonds is 4. The van der Waals surface area contributed by atoms with Gasteiger partial charge < -0.3 is 5.73 Å². The van der Waals surface area contributed by atoms with E-state index in [0.29, 0.717) is 10.0 Å². The lowest BCUT2D eigenvalue weighted by molar-refractivity contribution is 0.264. The standard InChI is InChI=1S/C17H18Cl2N2/c18-15-6-5-12(17(19)8-15)7-16(20)11-21-9-13-3-1-2-4-14(13)10-21/h1-6,8,16H,7,9-11,20H2/t16-/m0/s1. The molecule has 1 atom stereocenters. The second-order valence-corrected chi connectivity index (χ2v) is 6.48. The van der Waals surface area contributed by atoms with Crippen LogP contribution in [0.25, 0.3) is 0 Å². The van der Waals surface area contributed by atoms with Crippen LogP contribution < -0.4 is 5.73 Å². The number of hydrogen-bond acceptors (Lipinski definition) is 2. The highest BCUT2D eigenvalue weighted by Crippen LogP contribution is 2.24. The topological polar surface area (TPSA) is 29.3 Å². The maximum absolute atomic E-state index is 6.29. The number of halogens is 2. The van der Waals surface area contributed by atoms with E-state index in [1.165, 1.54) is 11.1 Å². The second kappa shape index (κ2) is 6.37. The highest BCUT2D eigenvalue weighted by atomic mass is 35.5. The van der Waals surface area contributed by atoms with Crippen LogP contribution in [0.2, 0.25) is 10.0 Å². The number of fused-ring (bicyclic) bond motifs is 1. The monoisotopic (exact) mass is 320 g/mol. The summed E-state index contributed by atoms with van der Waals surface area (Å²) < 4.78 is 0. The van der Waals surface area contributed by atoms with Crippen LogP contribution >= 0.6 is 23.2 Å². The summed E-state index contributed by atoms with van der Waals surface area (Å²) in [5.74, 6) is 0. The van der Waals surface area contributed by atoms with Gasteiger partial charge in [0.15, 0.2) is 0 Å². The Labute approximate surface area is 135 Å². The van der Waals surface area contributed by atoms with Crippen LogP contribution in [-0.2, 0) is 19.5 Å². The zero-order chi connectivity index (χ0) is 14.8. The molecule has 1 heterocycles. The molecule has 0 spiro atoms. The van der Waals surface area contributed by atoms with Crippen molar-refractivity contribution in [1.29, 1.82) is 0 Å². The van der Waals surface area contributed by atoms with Gasteiger partial charge in [-0.1, -0.05) is 53.5 Å². The molecule has 0 saturated carbocycles. The molecule has 2 nitrogen and oxygen atoms in total. The fourth-order valence-electron chi connectivity index (χ4n) is 2.90. The smallest absolute Gasteiger partial charge is 0.0453 e. The summed E-state index contributed by atoms with van der Waals surface area (Å²) >= 11 is 12.1. The van der Waals surface area contributed by atoms with Crippen molar-refractivity contribution in [1.82, 2.24) is 4.90 Å². The van der Waals surface area contributed by atoms with Crippen LogP contribution in [0.4, 0.5) is 0 Å². The van der Waals surface area contributed by atoms with E-state index in [4.69, 9.17) is 28.9 Å². The Hall–Kier alpha value is -1.06. The molecule has 0 fully saturated rings. The normalized spacial score (nSPS) is 16.0. The van der Waals surface area contributed by atoms with Gasteiger partial charge in [0.05, 0.1) is 0 Å². The second-order valence-electron chi connectivity index (χ2n) is 5.64. The van der Waals surface area contributed by atoms with E-state index in [-0.39, 0.29) is 6.04 Å². The van der Waals surface area contributed by atoms with Gasteiger partial charge in [0.1, 0.15) is 0 Å². The van der Waals surface area contributed by atoms with Gasteiger partial charge in [0.25, 0.3) is 0 Å². The minimum atomic E-state index is 0.0676. The Bertz CT molecular complexity index is 617. The Kier molecular flexibility index (Phi) is 4.51. The van der Waals surface area contributed by atoms with Crippen molar-refractivity contribution < 1.29 is 0 Å². The predicted octanol–water partition coefficient (Wildman–Crippen LogP) is 3.88. The van der Waals surface area contributed by atoms with Crippen LogP contribution in [0.1, 0.15) is 16.7 Å². The van der Waals surface area contributed by atoms with Crippen LogP contribution in [-0.4, -0.2) is 17.5 Å². The third-order valence-electron chi connectivity index (χ3n) is 3.90. The molecule has 4 heteroatoms. The molecule has 0 radical (unpaired) electrons. The molecule has 21 heavy (non-hydrogen) atoms. The Morgan fingerprint density at radius 1 is 1.05 bits per heavy atom. The summed E-state index contributed by atoms with van der Waals surface area (Å²) in [5.41, 5.74) is 10.2. The maximum atomic E-state index is 6.29. The van der Waals surface area contributed by atoms with E-state index >= 15 is 0 Å². The van der Waals surface area contributed by atoms with E-state index in [0.717, 1.165) is 31.6 Å². The van der Waals surface area contributed by atoms with Crippen molar-refractivity contribution in [2.75, 3.05) is 6.54 Å². The predicted molar refractivity (Wildman–Crippen MR) is 88.7 cm³/mol. The first kappa shape index (κ1) is 14.9. The molecule has 110 valence electrons. The van der Waals surface area contributed by atoms with Gasteiger partial charge in [-0.05, 0) is 35.2 Å². The summed E-state index contributed by atoms with van der Waals surface area (Å²) in [7, 11) is 0. The Morgan fingerprint density at radius 3 is 2.33 bits per heavy atom. The van der Waals surface area contributed by atoms with Crippen molar-refractivity contribution in [2.45, 2.75) is 25.6 Å². The van der Waals surface area contributed by atoms with Gasteiger partial charge in [0.2, 0.25) is 0 Å². The molecule has 3 rings (SSSR count). The zero-order valence-corrected chi connectivity index (χ0v) is 13.2. The molecular weight excluding hydrogens is 303 g/mol. The number of benzene rings is 2. The molecule has 0 saturated heterocycles. The minimum Gasteiger partial charge on any atom is -0.326 e. The van der Waals surface area contributed by atoms with Crippen molar-refractivity contribution in [3.63, 3.8) is 0 Å². The van der Waals surface area contributed by atoms with Gasteiger partial charge in [-0.25, -0.2) is 0 Å². The fraction of sp³-hybridized carbons (Fsp3) is 0.294. The molecule has 1 aliphatic rings. The molecular formula is C17H18Cl2N2. The number of nitrogens with two attached hydrogens (primary N) is 1. The zero-order valence-electron chi connectivity index (χ0n) is 11.7. The summed E-state index contributed by atoms with van der Waals surface area (Å²) in [6.07, 6.45) is 0.767. The average molecular weight is 321 g/mol. The number of hydrogen-bond donors (Lipinski definition) is 1. The first-order valence-corrected chi connectivity index (χ1v) is 7.86.